The van der Waals surface area contributed by atoms with Crippen LogP contribution in [0.15, 0.2) is 18.6 Å². The highest BCUT2D eigenvalue weighted by atomic mass is 16.4. The van der Waals surface area contributed by atoms with E-state index < -0.39 is 5.97 Å². The van der Waals surface area contributed by atoms with E-state index in [4.69, 9.17) is 5.11 Å². The Morgan fingerprint density at radius 1 is 1.47 bits per heavy atom. The summed E-state index contributed by atoms with van der Waals surface area (Å²) < 4.78 is 0. The van der Waals surface area contributed by atoms with Gasteiger partial charge in [0.15, 0.2) is 0 Å². The Labute approximate surface area is 88.7 Å². The lowest BCUT2D eigenvalue weighted by Gasteiger charge is -2.19. The first kappa shape index (κ1) is 11.4. The normalized spacial score (nSPS) is 11.9. The van der Waals surface area contributed by atoms with Gasteiger partial charge in [-0.3, -0.25) is 0 Å². The minimum atomic E-state index is -0.973. The highest BCUT2D eigenvalue weighted by Crippen LogP contribution is 2.23. The van der Waals surface area contributed by atoms with E-state index >= 15 is 0 Å². The third-order valence-corrected chi connectivity index (χ3v) is 1.86. The average Bonchev–Trinajstić information content (AvgIpc) is 2.13. The number of nitrogens with zero attached hydrogens (tertiary/aromatic N) is 2. The van der Waals surface area contributed by atoms with Crippen molar-refractivity contribution >= 4 is 12.0 Å². The fourth-order valence-electron chi connectivity index (χ4n) is 1.25. The Kier molecular flexibility index (Phi) is 3.19. The number of aliphatic carboxylic acids is 1. The Morgan fingerprint density at radius 3 is 2.67 bits per heavy atom. The van der Waals surface area contributed by atoms with E-state index in [0.717, 1.165) is 17.3 Å². The van der Waals surface area contributed by atoms with Crippen molar-refractivity contribution in [3.05, 3.63) is 29.9 Å². The predicted molar refractivity (Wildman–Crippen MR) is 57.4 cm³/mol. The van der Waals surface area contributed by atoms with Crippen molar-refractivity contribution in [2.24, 2.45) is 0 Å². The van der Waals surface area contributed by atoms with Crippen LogP contribution in [0.25, 0.3) is 6.08 Å². The fraction of sp³-hybridized carbons (Fsp3) is 0.364. The van der Waals surface area contributed by atoms with Crippen molar-refractivity contribution in [1.29, 1.82) is 0 Å². The molecular weight excluding hydrogens is 192 g/mol. The van der Waals surface area contributed by atoms with Crippen LogP contribution in [0.4, 0.5) is 0 Å². The van der Waals surface area contributed by atoms with E-state index in [1.165, 1.54) is 12.4 Å². The third-order valence-electron chi connectivity index (χ3n) is 1.86. The number of aromatic nitrogens is 2. The molecule has 0 saturated carbocycles. The van der Waals surface area contributed by atoms with Gasteiger partial charge in [0.2, 0.25) is 0 Å². The second-order valence-corrected chi connectivity index (χ2v) is 4.25. The molecule has 1 N–H and O–H groups in total. The van der Waals surface area contributed by atoms with Gasteiger partial charge in [0.1, 0.15) is 6.33 Å². The summed E-state index contributed by atoms with van der Waals surface area (Å²) in [7, 11) is 0. The summed E-state index contributed by atoms with van der Waals surface area (Å²) >= 11 is 0. The molecule has 1 aromatic rings. The number of carboxylic acids is 1. The molecule has 0 aliphatic rings. The van der Waals surface area contributed by atoms with Gasteiger partial charge in [0, 0.05) is 23.3 Å². The van der Waals surface area contributed by atoms with Crippen LogP contribution in [0.2, 0.25) is 0 Å². The van der Waals surface area contributed by atoms with Crippen LogP contribution in [-0.4, -0.2) is 21.0 Å². The van der Waals surface area contributed by atoms with Gasteiger partial charge < -0.3 is 5.11 Å². The van der Waals surface area contributed by atoms with E-state index in [9.17, 15) is 4.79 Å². The van der Waals surface area contributed by atoms with Gasteiger partial charge in [-0.05, 0) is 6.08 Å². The topological polar surface area (TPSA) is 63.1 Å². The van der Waals surface area contributed by atoms with Crippen LogP contribution in [0.5, 0.6) is 0 Å². The van der Waals surface area contributed by atoms with Crippen molar-refractivity contribution < 1.29 is 9.90 Å². The van der Waals surface area contributed by atoms with Gasteiger partial charge in [0.05, 0.1) is 5.69 Å². The van der Waals surface area contributed by atoms with Gasteiger partial charge in [0.25, 0.3) is 0 Å². The van der Waals surface area contributed by atoms with E-state index in [1.54, 1.807) is 6.20 Å². The van der Waals surface area contributed by atoms with Gasteiger partial charge in [-0.1, -0.05) is 20.8 Å². The summed E-state index contributed by atoms with van der Waals surface area (Å²) in [5, 5.41) is 8.54. The minimum absolute atomic E-state index is 0.124. The molecule has 1 rings (SSSR count). The molecule has 4 nitrogen and oxygen atoms in total. The zero-order valence-electron chi connectivity index (χ0n) is 9.06. The summed E-state index contributed by atoms with van der Waals surface area (Å²) in [6.45, 7) is 6.06. The molecule has 0 atom stereocenters. The molecule has 0 unspecified atom stereocenters. The maximum Gasteiger partial charge on any atom is 0.328 e. The largest absolute Gasteiger partial charge is 0.478 e. The molecule has 0 fully saturated rings. The van der Waals surface area contributed by atoms with Crippen LogP contribution >= 0.6 is 0 Å². The van der Waals surface area contributed by atoms with Crippen molar-refractivity contribution in [3.8, 4) is 0 Å². The molecule has 0 aromatic carbocycles. The quantitative estimate of drug-likeness (QED) is 0.750. The lowest BCUT2D eigenvalue weighted by molar-refractivity contribution is -0.131. The van der Waals surface area contributed by atoms with Crippen LogP contribution in [-0.2, 0) is 10.2 Å². The summed E-state index contributed by atoms with van der Waals surface area (Å²) in [6.07, 6.45) is 5.70. The maximum absolute atomic E-state index is 10.4. The predicted octanol–water partition coefficient (Wildman–Crippen LogP) is 1.87. The van der Waals surface area contributed by atoms with Crippen LogP contribution in [0, 0.1) is 0 Å². The first-order chi connectivity index (χ1) is 6.91. The third kappa shape index (κ3) is 3.16. The van der Waals surface area contributed by atoms with E-state index in [2.05, 4.69) is 9.97 Å². The zero-order valence-corrected chi connectivity index (χ0v) is 9.06. The molecule has 0 spiro atoms. The number of hydrogen-bond donors (Lipinski definition) is 1. The van der Waals surface area contributed by atoms with Gasteiger partial charge in [-0.15, -0.1) is 0 Å². The van der Waals surface area contributed by atoms with E-state index in [1.807, 2.05) is 20.8 Å². The maximum atomic E-state index is 10.4. The van der Waals surface area contributed by atoms with Gasteiger partial charge >= 0.3 is 5.97 Å². The summed E-state index contributed by atoms with van der Waals surface area (Å²) in [6, 6.07) is 0. The van der Waals surface area contributed by atoms with Crippen LogP contribution in [0.1, 0.15) is 32.0 Å². The Bertz CT molecular complexity index is 392. The molecule has 0 bridgehead atoms. The lowest BCUT2D eigenvalue weighted by Crippen LogP contribution is -2.15. The Morgan fingerprint density at radius 2 is 2.13 bits per heavy atom. The van der Waals surface area contributed by atoms with Crippen molar-refractivity contribution in [3.63, 3.8) is 0 Å². The Balaban J connectivity index is 3.13. The molecule has 0 aliphatic heterocycles. The zero-order chi connectivity index (χ0) is 11.5. The molecule has 0 radical (unpaired) electrons. The van der Waals surface area contributed by atoms with Crippen molar-refractivity contribution in [1.82, 2.24) is 9.97 Å². The second-order valence-electron chi connectivity index (χ2n) is 4.25. The van der Waals surface area contributed by atoms with Crippen molar-refractivity contribution in [2.75, 3.05) is 0 Å². The summed E-state index contributed by atoms with van der Waals surface area (Å²) in [5.74, 6) is -0.973. The molecule has 80 valence electrons. The van der Waals surface area contributed by atoms with Gasteiger partial charge in [-0.25, -0.2) is 14.8 Å². The molecule has 4 heteroatoms. The first-order valence-corrected chi connectivity index (χ1v) is 4.63. The summed E-state index contributed by atoms with van der Waals surface area (Å²) in [4.78, 5) is 18.5. The van der Waals surface area contributed by atoms with Gasteiger partial charge in [-0.2, -0.15) is 0 Å². The fourth-order valence-corrected chi connectivity index (χ4v) is 1.25. The van der Waals surface area contributed by atoms with Crippen LogP contribution in [0.3, 0.4) is 0 Å². The number of carboxylic acid groups (broad SMARTS) is 1. The molecule has 1 aromatic heterocycles. The highest BCUT2D eigenvalue weighted by molar-refractivity contribution is 5.85. The molecule has 0 amide bonds. The standard InChI is InChI=1S/C11H14N2O2/c1-11(2,3)10-8(4-5-9(14)15)6-12-7-13-10/h4-7H,1-3H3,(H,14,15)/b5-4+. The molecule has 0 saturated heterocycles. The number of rotatable bonds is 2. The van der Waals surface area contributed by atoms with E-state index in [0.29, 0.717) is 0 Å². The first-order valence-electron chi connectivity index (χ1n) is 4.63. The number of hydrogen-bond acceptors (Lipinski definition) is 3. The van der Waals surface area contributed by atoms with E-state index in [-0.39, 0.29) is 5.41 Å². The molecule has 0 aliphatic carbocycles. The molecular formula is C11H14N2O2. The lowest BCUT2D eigenvalue weighted by atomic mass is 9.89. The van der Waals surface area contributed by atoms with Crippen molar-refractivity contribution in [2.45, 2.75) is 26.2 Å². The monoisotopic (exact) mass is 206 g/mol. The smallest absolute Gasteiger partial charge is 0.328 e. The minimum Gasteiger partial charge on any atom is -0.478 e. The number of carbonyl (C=O) groups is 1. The summed E-state index contributed by atoms with van der Waals surface area (Å²) in [5.41, 5.74) is 1.46. The SMILES string of the molecule is CC(C)(C)c1ncncc1/C=C/C(=O)O. The Hall–Kier alpha value is -1.71. The molecule has 15 heavy (non-hydrogen) atoms. The molecule has 1 heterocycles. The van der Waals surface area contributed by atoms with Crippen LogP contribution < -0.4 is 0 Å². The average molecular weight is 206 g/mol. The highest BCUT2D eigenvalue weighted by Gasteiger charge is 2.18. The second kappa shape index (κ2) is 4.21.